The van der Waals surface area contributed by atoms with Crippen molar-refractivity contribution in [2.75, 3.05) is 6.61 Å². The van der Waals surface area contributed by atoms with Crippen LogP contribution in [0.15, 0.2) is 6.07 Å². The minimum atomic E-state index is -0.0993. The Morgan fingerprint density at radius 3 is 2.50 bits per heavy atom. The van der Waals surface area contributed by atoms with E-state index in [-0.39, 0.29) is 5.97 Å². The second-order valence-electron chi connectivity index (χ2n) is 2.78. The lowest BCUT2D eigenvalue weighted by Crippen LogP contribution is -2.05. The average Bonchev–Trinajstić information content (AvgIpc) is 2.14. The maximum absolute atomic E-state index is 11.2. The molecule has 0 amide bonds. The van der Waals surface area contributed by atoms with E-state index in [2.05, 4.69) is 68.0 Å². The van der Waals surface area contributed by atoms with Gasteiger partial charge in [0, 0.05) is 10.0 Å². The van der Waals surface area contributed by atoms with Crippen molar-refractivity contribution in [3.63, 3.8) is 0 Å². The van der Waals surface area contributed by atoms with E-state index in [1.165, 1.54) is 0 Å². The molecule has 0 aliphatic carbocycles. The maximum Gasteiger partial charge on any atom is 0.306 e. The molecule has 0 aliphatic heterocycles. The molecule has 0 radical (unpaired) electrons. The van der Waals surface area contributed by atoms with Gasteiger partial charge in [0.1, 0.15) is 6.61 Å². The van der Waals surface area contributed by atoms with Crippen molar-refractivity contribution in [3.05, 3.63) is 6.07 Å². The van der Waals surface area contributed by atoms with Crippen LogP contribution in [-0.2, 0) is 9.53 Å². The Hall–Kier alpha value is 1.15. The van der Waals surface area contributed by atoms with Gasteiger partial charge in [-0.15, -0.1) is 0 Å². The number of carbonyl (C=O) groups excluding carboxylic acids is 1. The van der Waals surface area contributed by atoms with Crippen molar-refractivity contribution in [2.45, 2.75) is 32.6 Å². The van der Waals surface area contributed by atoms with Crippen molar-refractivity contribution in [1.82, 2.24) is 0 Å². The van der Waals surface area contributed by atoms with Gasteiger partial charge < -0.3 is 4.74 Å². The van der Waals surface area contributed by atoms with Crippen molar-refractivity contribution < 1.29 is 9.53 Å². The summed E-state index contributed by atoms with van der Waals surface area (Å²) in [5.41, 5.74) is 0. The summed E-state index contributed by atoms with van der Waals surface area (Å²) in [6, 6.07) is 0. The number of halogens is 3. The van der Waals surface area contributed by atoms with Crippen LogP contribution in [0.3, 0.4) is 0 Å². The molecule has 0 spiro atoms. The number of ether oxygens (including phenoxy) is 1. The molecule has 0 aromatic rings. The summed E-state index contributed by atoms with van der Waals surface area (Å²) in [6.45, 7) is 2.50. The molecule has 0 aromatic carbocycles. The highest BCUT2D eigenvalue weighted by molar-refractivity contribution is 14.1. The molecule has 0 fully saturated rings. The minimum absolute atomic E-state index is 0.0993. The van der Waals surface area contributed by atoms with Gasteiger partial charge in [-0.2, -0.15) is 0 Å². The van der Waals surface area contributed by atoms with Gasteiger partial charge in [-0.1, -0.05) is 19.8 Å². The SMILES string of the molecule is CCCCCC(=O)OCC(I)=C(Br)I. The van der Waals surface area contributed by atoms with E-state index in [0.29, 0.717) is 13.0 Å². The fraction of sp³-hybridized carbons (Fsp3) is 0.667. The van der Waals surface area contributed by atoms with Crippen LogP contribution in [0, 0.1) is 0 Å². The van der Waals surface area contributed by atoms with Crippen LogP contribution < -0.4 is 0 Å². The lowest BCUT2D eigenvalue weighted by Gasteiger charge is -2.03. The predicted octanol–water partition coefficient (Wildman–Crippen LogP) is 4.54. The van der Waals surface area contributed by atoms with Crippen LogP contribution in [0.4, 0.5) is 0 Å². The van der Waals surface area contributed by atoms with Crippen LogP contribution in [0.5, 0.6) is 0 Å². The Morgan fingerprint density at radius 1 is 1.36 bits per heavy atom. The molecule has 0 saturated carbocycles. The van der Waals surface area contributed by atoms with Crippen LogP contribution in [0.1, 0.15) is 32.6 Å². The minimum Gasteiger partial charge on any atom is -0.460 e. The first-order chi connectivity index (χ1) is 6.57. The van der Waals surface area contributed by atoms with Gasteiger partial charge in [-0.25, -0.2) is 0 Å². The Kier molecular flexibility index (Phi) is 10.2. The summed E-state index contributed by atoms with van der Waals surface area (Å²) in [4.78, 5) is 11.2. The van der Waals surface area contributed by atoms with Crippen molar-refractivity contribution in [2.24, 2.45) is 0 Å². The highest BCUT2D eigenvalue weighted by Gasteiger charge is 2.04. The average molecular weight is 487 g/mol. The molecule has 0 N–H and O–H groups in total. The number of hydrogen-bond acceptors (Lipinski definition) is 2. The lowest BCUT2D eigenvalue weighted by atomic mass is 10.2. The molecule has 0 atom stereocenters. The van der Waals surface area contributed by atoms with Gasteiger partial charge >= 0.3 is 5.97 Å². The third-order valence-corrected chi connectivity index (χ3v) is 5.30. The molecule has 0 aliphatic rings. The third kappa shape index (κ3) is 8.46. The van der Waals surface area contributed by atoms with Crippen molar-refractivity contribution in [3.8, 4) is 0 Å². The summed E-state index contributed by atoms with van der Waals surface area (Å²) >= 11 is 7.63. The second kappa shape index (κ2) is 9.38. The first kappa shape index (κ1) is 15.2. The molecule has 14 heavy (non-hydrogen) atoms. The maximum atomic E-state index is 11.2. The summed E-state index contributed by atoms with van der Waals surface area (Å²) in [6.07, 6.45) is 3.69. The van der Waals surface area contributed by atoms with E-state index in [9.17, 15) is 4.79 Å². The first-order valence-corrected chi connectivity index (χ1v) is 7.38. The number of unbranched alkanes of at least 4 members (excludes halogenated alkanes) is 2. The summed E-state index contributed by atoms with van der Waals surface area (Å²) in [5, 5.41) is 0. The zero-order valence-corrected chi connectivity index (χ0v) is 13.9. The summed E-state index contributed by atoms with van der Waals surface area (Å²) in [5.74, 6) is -0.0993. The van der Waals surface area contributed by atoms with E-state index in [1.807, 2.05) is 0 Å². The Bertz CT molecular complexity index is 213. The summed E-state index contributed by atoms with van der Waals surface area (Å²) < 4.78 is 7.09. The standard InChI is InChI=1S/C9H13BrI2O2/c1-2-3-4-5-8(13)14-6-7(11)9(10)12/h2-6H2,1H3. The van der Waals surface area contributed by atoms with E-state index >= 15 is 0 Å². The molecular weight excluding hydrogens is 474 g/mol. The van der Waals surface area contributed by atoms with Gasteiger partial charge in [0.2, 0.25) is 0 Å². The Labute approximate surface area is 121 Å². The Morgan fingerprint density at radius 2 is 2.00 bits per heavy atom. The smallest absolute Gasteiger partial charge is 0.306 e. The third-order valence-electron chi connectivity index (χ3n) is 1.55. The first-order valence-electron chi connectivity index (χ1n) is 4.43. The number of esters is 1. The largest absolute Gasteiger partial charge is 0.460 e. The molecular formula is C9H13BrI2O2. The zero-order chi connectivity index (χ0) is 11.0. The number of carbonyl (C=O) groups is 1. The predicted molar refractivity (Wildman–Crippen MR) is 79.1 cm³/mol. The van der Waals surface area contributed by atoms with E-state index in [0.717, 1.165) is 25.3 Å². The topological polar surface area (TPSA) is 26.3 Å². The fourth-order valence-corrected chi connectivity index (χ4v) is 1.22. The zero-order valence-electron chi connectivity index (χ0n) is 7.99. The van der Waals surface area contributed by atoms with E-state index in [4.69, 9.17) is 4.74 Å². The number of rotatable bonds is 6. The lowest BCUT2D eigenvalue weighted by molar-refractivity contribution is -0.142. The van der Waals surface area contributed by atoms with E-state index in [1.54, 1.807) is 0 Å². The van der Waals surface area contributed by atoms with Crippen LogP contribution >= 0.6 is 61.1 Å². The molecule has 0 rings (SSSR count). The normalized spacial score (nSPS) is 12.3. The van der Waals surface area contributed by atoms with Gasteiger partial charge in [0.25, 0.3) is 0 Å². The fourth-order valence-electron chi connectivity index (χ4n) is 0.790. The molecule has 0 heterocycles. The molecule has 82 valence electrons. The molecule has 5 heteroatoms. The van der Waals surface area contributed by atoms with Gasteiger partial charge in [0.15, 0.2) is 0 Å². The van der Waals surface area contributed by atoms with Gasteiger partial charge in [0.05, 0.1) is 2.49 Å². The highest BCUT2D eigenvalue weighted by Crippen LogP contribution is 2.24. The highest BCUT2D eigenvalue weighted by atomic mass is 127. The molecule has 0 unspecified atom stereocenters. The Balaban J connectivity index is 3.59. The van der Waals surface area contributed by atoms with Gasteiger partial charge in [-0.3, -0.25) is 4.79 Å². The van der Waals surface area contributed by atoms with Crippen molar-refractivity contribution in [1.29, 1.82) is 0 Å². The molecule has 0 aromatic heterocycles. The van der Waals surface area contributed by atoms with Gasteiger partial charge in [-0.05, 0) is 67.5 Å². The molecule has 0 bridgehead atoms. The molecule has 2 nitrogen and oxygen atoms in total. The monoisotopic (exact) mass is 486 g/mol. The van der Waals surface area contributed by atoms with Crippen LogP contribution in [0.2, 0.25) is 0 Å². The summed E-state index contributed by atoms with van der Waals surface area (Å²) in [7, 11) is 0. The van der Waals surface area contributed by atoms with E-state index < -0.39 is 0 Å². The quantitative estimate of drug-likeness (QED) is 0.313. The van der Waals surface area contributed by atoms with Crippen LogP contribution in [0.25, 0.3) is 0 Å². The van der Waals surface area contributed by atoms with Crippen molar-refractivity contribution >= 4 is 67.1 Å². The number of hydrogen-bond donors (Lipinski definition) is 0. The second-order valence-corrected chi connectivity index (χ2v) is 7.44. The van der Waals surface area contributed by atoms with Crippen LogP contribution in [-0.4, -0.2) is 12.6 Å². The molecule has 0 saturated heterocycles.